The minimum Gasteiger partial charge on any atom is -0.415 e. The van der Waals surface area contributed by atoms with Crippen molar-refractivity contribution in [1.82, 2.24) is 10.2 Å². The quantitative estimate of drug-likeness (QED) is 0.413. The van der Waals surface area contributed by atoms with Crippen LogP contribution in [-0.4, -0.2) is 16.1 Å². The molecule has 1 aliphatic heterocycles. The number of anilines is 1. The van der Waals surface area contributed by atoms with E-state index in [2.05, 4.69) is 10.2 Å². The van der Waals surface area contributed by atoms with Crippen LogP contribution in [-0.2, 0) is 6.54 Å². The fourth-order valence-corrected chi connectivity index (χ4v) is 3.84. The fraction of sp³-hybridized carbons (Fsp3) is 0.0833. The SMILES string of the molecule is N#Cc1cccc(-c2c(F)cccc2N2Cc3ccc(-c4nnc(C(F)F)o4)cc3C2=O)c1. The molecule has 9 heteroatoms. The van der Waals surface area contributed by atoms with Gasteiger partial charge in [-0.1, -0.05) is 24.3 Å². The summed E-state index contributed by atoms with van der Waals surface area (Å²) < 4.78 is 45.4. The maximum atomic E-state index is 14.9. The molecule has 0 spiro atoms. The molecule has 0 bridgehead atoms. The number of nitrogens with zero attached hydrogens (tertiary/aromatic N) is 4. The van der Waals surface area contributed by atoms with Gasteiger partial charge in [0.15, 0.2) is 0 Å². The number of carbonyl (C=O) groups excluding carboxylic acids is 1. The summed E-state index contributed by atoms with van der Waals surface area (Å²) >= 11 is 0. The summed E-state index contributed by atoms with van der Waals surface area (Å²) in [6.07, 6.45) is -2.90. The van der Waals surface area contributed by atoms with Crippen LogP contribution in [0.3, 0.4) is 0 Å². The highest BCUT2D eigenvalue weighted by Crippen LogP contribution is 2.38. The second-order valence-corrected chi connectivity index (χ2v) is 7.34. The summed E-state index contributed by atoms with van der Waals surface area (Å²) in [5.74, 6) is -1.84. The number of benzene rings is 3. The predicted octanol–water partition coefficient (Wildman–Crippen LogP) is 5.51. The van der Waals surface area contributed by atoms with Crippen LogP contribution in [0, 0.1) is 17.1 Å². The van der Waals surface area contributed by atoms with Gasteiger partial charge in [0.25, 0.3) is 11.8 Å². The normalized spacial score (nSPS) is 12.8. The molecule has 0 atom stereocenters. The molecule has 0 unspecified atom stereocenters. The number of hydrogen-bond donors (Lipinski definition) is 0. The van der Waals surface area contributed by atoms with E-state index in [4.69, 9.17) is 4.42 Å². The van der Waals surface area contributed by atoms with Crippen molar-refractivity contribution in [1.29, 1.82) is 5.26 Å². The molecule has 0 saturated heterocycles. The van der Waals surface area contributed by atoms with Gasteiger partial charge in [-0.25, -0.2) is 4.39 Å². The van der Waals surface area contributed by atoms with Gasteiger partial charge in [-0.05, 0) is 47.5 Å². The lowest BCUT2D eigenvalue weighted by molar-refractivity contribution is 0.0996. The topological polar surface area (TPSA) is 83.0 Å². The molecule has 0 fully saturated rings. The van der Waals surface area contributed by atoms with Crippen molar-refractivity contribution in [3.63, 3.8) is 0 Å². The highest BCUT2D eigenvalue weighted by atomic mass is 19.3. The molecule has 162 valence electrons. The second kappa shape index (κ2) is 7.91. The average molecular weight is 446 g/mol. The number of alkyl halides is 2. The van der Waals surface area contributed by atoms with Crippen LogP contribution in [0.1, 0.15) is 33.8 Å². The van der Waals surface area contributed by atoms with Crippen LogP contribution in [0.4, 0.5) is 18.9 Å². The summed E-state index contributed by atoms with van der Waals surface area (Å²) in [5, 5.41) is 16.1. The van der Waals surface area contributed by atoms with Gasteiger partial charge in [-0.15, -0.1) is 10.2 Å². The van der Waals surface area contributed by atoms with E-state index >= 15 is 0 Å². The Kier molecular flexibility index (Phi) is 4.90. The highest BCUT2D eigenvalue weighted by Gasteiger charge is 2.32. The number of rotatable bonds is 4. The zero-order chi connectivity index (χ0) is 23.1. The largest absolute Gasteiger partial charge is 0.415 e. The van der Waals surface area contributed by atoms with Crippen molar-refractivity contribution in [3.05, 3.63) is 89.1 Å². The standard InChI is InChI=1S/C24H13F3N4O2/c25-18-5-2-6-19(20(18)14-4-1-3-13(9-14)11-28)31-12-16-8-7-15(10-17(16)24(31)32)22-29-30-23(33-22)21(26)27/h1-10,21H,12H2. The van der Waals surface area contributed by atoms with E-state index in [-0.39, 0.29) is 23.9 Å². The molecule has 4 aromatic rings. The summed E-state index contributed by atoms with van der Waals surface area (Å²) in [7, 11) is 0. The Morgan fingerprint density at radius 1 is 1.03 bits per heavy atom. The number of hydrogen-bond acceptors (Lipinski definition) is 5. The summed E-state index contributed by atoms with van der Waals surface area (Å²) in [5.41, 5.74) is 2.72. The van der Waals surface area contributed by atoms with Crippen LogP contribution in [0.2, 0.25) is 0 Å². The maximum Gasteiger partial charge on any atom is 0.314 e. The number of amides is 1. The van der Waals surface area contributed by atoms with Crippen molar-refractivity contribution >= 4 is 11.6 Å². The minimum absolute atomic E-state index is 0.126. The first-order valence-corrected chi connectivity index (χ1v) is 9.82. The summed E-state index contributed by atoms with van der Waals surface area (Å²) in [6.45, 7) is 0.189. The van der Waals surface area contributed by atoms with Gasteiger partial charge in [-0.3, -0.25) is 4.79 Å². The molecule has 6 nitrogen and oxygen atoms in total. The van der Waals surface area contributed by atoms with Gasteiger partial charge < -0.3 is 9.32 Å². The molecule has 5 rings (SSSR count). The number of aromatic nitrogens is 2. The number of fused-ring (bicyclic) bond motifs is 1. The van der Waals surface area contributed by atoms with Crippen molar-refractivity contribution in [2.45, 2.75) is 13.0 Å². The summed E-state index contributed by atoms with van der Waals surface area (Å²) in [4.78, 5) is 14.7. The van der Waals surface area contributed by atoms with E-state index in [1.165, 1.54) is 23.1 Å². The second-order valence-electron chi connectivity index (χ2n) is 7.34. The molecule has 0 radical (unpaired) electrons. The van der Waals surface area contributed by atoms with Crippen LogP contribution in [0.15, 0.2) is 65.1 Å². The third-order valence-corrected chi connectivity index (χ3v) is 5.35. The van der Waals surface area contributed by atoms with E-state index in [0.717, 1.165) is 0 Å². The third-order valence-electron chi connectivity index (χ3n) is 5.35. The molecular formula is C24H13F3N4O2. The van der Waals surface area contributed by atoms with Crippen LogP contribution < -0.4 is 4.90 Å². The number of nitriles is 1. The molecule has 0 N–H and O–H groups in total. The van der Waals surface area contributed by atoms with Gasteiger partial charge in [0.2, 0.25) is 5.89 Å². The van der Waals surface area contributed by atoms with E-state index < -0.39 is 18.1 Å². The Bertz CT molecular complexity index is 1440. The highest BCUT2D eigenvalue weighted by molar-refractivity contribution is 6.12. The van der Waals surface area contributed by atoms with Crippen LogP contribution in [0.5, 0.6) is 0 Å². The first-order chi connectivity index (χ1) is 16.0. The summed E-state index contributed by atoms with van der Waals surface area (Å²) in [6, 6.07) is 17.7. The molecule has 1 aliphatic rings. The molecular weight excluding hydrogens is 433 g/mol. The molecule has 2 heterocycles. The Balaban J connectivity index is 1.54. The van der Waals surface area contributed by atoms with Crippen molar-refractivity contribution in [3.8, 4) is 28.7 Å². The average Bonchev–Trinajstić information content (AvgIpc) is 3.44. The first-order valence-electron chi connectivity index (χ1n) is 9.82. The van der Waals surface area contributed by atoms with Gasteiger partial charge in [-0.2, -0.15) is 14.0 Å². The maximum absolute atomic E-state index is 14.9. The lowest BCUT2D eigenvalue weighted by atomic mass is 10.0. The van der Waals surface area contributed by atoms with Crippen molar-refractivity contribution in [2.24, 2.45) is 0 Å². The molecule has 3 aromatic carbocycles. The lowest BCUT2D eigenvalue weighted by Gasteiger charge is -2.20. The smallest absolute Gasteiger partial charge is 0.314 e. The van der Waals surface area contributed by atoms with Gasteiger partial charge in [0.1, 0.15) is 5.82 Å². The van der Waals surface area contributed by atoms with E-state index in [1.807, 2.05) is 6.07 Å². The zero-order valence-electron chi connectivity index (χ0n) is 16.8. The van der Waals surface area contributed by atoms with Crippen LogP contribution >= 0.6 is 0 Å². The molecule has 1 amide bonds. The Hall–Kier alpha value is -4.45. The van der Waals surface area contributed by atoms with Gasteiger partial charge in [0, 0.05) is 16.7 Å². The van der Waals surface area contributed by atoms with Crippen molar-refractivity contribution < 1.29 is 22.4 Å². The molecule has 0 saturated carbocycles. The predicted molar refractivity (Wildman–Crippen MR) is 112 cm³/mol. The minimum atomic E-state index is -2.90. The Morgan fingerprint density at radius 2 is 1.85 bits per heavy atom. The first kappa shape index (κ1) is 20.5. The monoisotopic (exact) mass is 446 g/mol. The molecule has 33 heavy (non-hydrogen) atoms. The van der Waals surface area contributed by atoms with E-state index in [0.29, 0.717) is 33.5 Å². The fourth-order valence-electron chi connectivity index (χ4n) is 3.84. The number of halogens is 3. The zero-order valence-corrected chi connectivity index (χ0v) is 16.8. The molecule has 1 aromatic heterocycles. The Morgan fingerprint density at radius 3 is 2.61 bits per heavy atom. The molecule has 0 aliphatic carbocycles. The third kappa shape index (κ3) is 3.51. The van der Waals surface area contributed by atoms with Crippen molar-refractivity contribution in [2.75, 3.05) is 4.90 Å². The van der Waals surface area contributed by atoms with E-state index in [9.17, 15) is 23.2 Å². The van der Waals surface area contributed by atoms with E-state index in [1.54, 1.807) is 42.5 Å². The Labute approximate surface area is 185 Å². The van der Waals surface area contributed by atoms with Gasteiger partial charge in [0.05, 0.1) is 23.9 Å². The lowest BCUT2D eigenvalue weighted by Crippen LogP contribution is -2.24. The van der Waals surface area contributed by atoms with Gasteiger partial charge >= 0.3 is 6.43 Å². The van der Waals surface area contributed by atoms with Crippen LogP contribution in [0.25, 0.3) is 22.6 Å². The number of carbonyl (C=O) groups is 1.